The maximum absolute atomic E-state index is 13.4. The van der Waals surface area contributed by atoms with Crippen LogP contribution in [0.1, 0.15) is 41.5 Å². The van der Waals surface area contributed by atoms with Crippen LogP contribution >= 0.6 is 12.4 Å². The Labute approximate surface area is 220 Å². The second kappa shape index (κ2) is 12.8. The average molecular weight is 517 g/mol. The molecule has 2 aromatic rings. The lowest BCUT2D eigenvalue weighted by molar-refractivity contribution is -0.112. The van der Waals surface area contributed by atoms with Gasteiger partial charge in [-0.25, -0.2) is 0 Å². The van der Waals surface area contributed by atoms with E-state index in [1.165, 1.54) is 14.2 Å². The van der Waals surface area contributed by atoms with Gasteiger partial charge in [-0.05, 0) is 95.0 Å². The number of allylic oxidation sites excluding steroid dienone is 2. The van der Waals surface area contributed by atoms with Gasteiger partial charge < -0.3 is 29.5 Å². The molecule has 2 aromatic carbocycles. The van der Waals surface area contributed by atoms with Crippen LogP contribution in [0.2, 0.25) is 0 Å². The van der Waals surface area contributed by atoms with Crippen molar-refractivity contribution in [2.75, 3.05) is 42.4 Å². The van der Waals surface area contributed by atoms with Crippen molar-refractivity contribution in [1.29, 1.82) is 0 Å². The molecule has 0 atom stereocenters. The quantitative estimate of drug-likeness (QED) is 0.484. The number of benzene rings is 2. The van der Waals surface area contributed by atoms with E-state index >= 15 is 0 Å². The zero-order chi connectivity index (χ0) is 25.7. The van der Waals surface area contributed by atoms with Gasteiger partial charge in [-0.3, -0.25) is 4.79 Å². The van der Waals surface area contributed by atoms with Gasteiger partial charge in [-0.2, -0.15) is 0 Å². The number of ketones is 1. The number of Topliss-reactive ketones (excluding diaryl/α,β-unsaturated/α-hetero) is 1. The van der Waals surface area contributed by atoms with Crippen molar-refractivity contribution in [3.05, 3.63) is 57.7 Å². The van der Waals surface area contributed by atoms with E-state index in [1.807, 2.05) is 62.3 Å². The fraction of sp³-hybridized carbons (Fsp3) is 0.393. The van der Waals surface area contributed by atoms with Crippen molar-refractivity contribution < 1.29 is 24.5 Å². The second-order valence-electron chi connectivity index (χ2n) is 9.46. The van der Waals surface area contributed by atoms with E-state index in [0.717, 1.165) is 39.8 Å². The Hall–Kier alpha value is -3.00. The summed E-state index contributed by atoms with van der Waals surface area (Å²) in [7, 11) is 10.8. The summed E-state index contributed by atoms with van der Waals surface area (Å²) in [5.74, 6) is 1.03. The van der Waals surface area contributed by atoms with Crippen LogP contribution in [0.15, 0.2) is 35.4 Å². The highest BCUT2D eigenvalue weighted by Gasteiger charge is 2.22. The van der Waals surface area contributed by atoms with E-state index in [0.29, 0.717) is 37.4 Å². The van der Waals surface area contributed by atoms with Gasteiger partial charge in [0.05, 0.1) is 14.2 Å². The molecule has 0 saturated heterocycles. The standard InChI is InChI=1S/C28H36N2O5.ClH/c1-29(2)16-22-12-18(14-24(34-5)27(22)32)10-20-8-7-9-21(26(20)31)11-19-13-23(17-30(3)4)28(33)25(15-19)35-6;/h10-15,32-33H,7-9,16-17H2,1-6H3;1H/b20-10+,21-11+;. The fourth-order valence-corrected chi connectivity index (χ4v) is 4.36. The minimum Gasteiger partial charge on any atom is -0.504 e. The highest BCUT2D eigenvalue weighted by molar-refractivity contribution is 6.14. The molecule has 0 aliphatic heterocycles. The number of carbonyl (C=O) groups is 1. The molecular formula is C28H37ClN2O5. The lowest BCUT2D eigenvalue weighted by Crippen LogP contribution is -2.13. The lowest BCUT2D eigenvalue weighted by atomic mass is 9.86. The van der Waals surface area contributed by atoms with Crippen molar-refractivity contribution in [3.63, 3.8) is 0 Å². The van der Waals surface area contributed by atoms with Crippen molar-refractivity contribution in [2.24, 2.45) is 0 Å². The zero-order valence-corrected chi connectivity index (χ0v) is 22.7. The number of nitrogens with zero attached hydrogens (tertiary/aromatic N) is 2. The summed E-state index contributed by atoms with van der Waals surface area (Å²) in [5.41, 5.74) is 4.58. The number of aromatic hydroxyl groups is 2. The number of rotatable bonds is 8. The van der Waals surface area contributed by atoms with Crippen LogP contribution in [0, 0.1) is 0 Å². The summed E-state index contributed by atoms with van der Waals surface area (Å²) in [6, 6.07) is 7.30. The molecule has 196 valence electrons. The first kappa shape index (κ1) is 29.2. The Balaban J connectivity index is 0.00000456. The van der Waals surface area contributed by atoms with E-state index in [1.54, 1.807) is 12.1 Å². The number of carbonyl (C=O) groups excluding carboxylic acids is 1. The van der Waals surface area contributed by atoms with Crippen LogP contribution in [-0.4, -0.2) is 68.2 Å². The van der Waals surface area contributed by atoms with Crippen LogP contribution < -0.4 is 9.47 Å². The molecule has 1 aliphatic carbocycles. The first-order chi connectivity index (χ1) is 16.6. The van der Waals surface area contributed by atoms with E-state index in [2.05, 4.69) is 0 Å². The van der Waals surface area contributed by atoms with Gasteiger partial charge in [-0.15, -0.1) is 12.4 Å². The molecule has 7 nitrogen and oxygen atoms in total. The third-order valence-corrected chi connectivity index (χ3v) is 5.92. The Morgan fingerprint density at radius 2 is 1.17 bits per heavy atom. The molecule has 0 aromatic heterocycles. The molecular weight excluding hydrogens is 480 g/mol. The zero-order valence-electron chi connectivity index (χ0n) is 21.9. The SMILES string of the molecule is COc1cc(/C=C2\CCC/C(=C\c3cc(CN(C)C)c(O)c(OC)c3)C2=O)cc(CN(C)C)c1O.Cl. The van der Waals surface area contributed by atoms with Crippen LogP contribution in [0.5, 0.6) is 23.0 Å². The van der Waals surface area contributed by atoms with Gasteiger partial charge in [0.1, 0.15) is 0 Å². The molecule has 0 unspecified atom stereocenters. The summed E-state index contributed by atoms with van der Waals surface area (Å²) in [6.45, 7) is 1.10. The fourth-order valence-electron chi connectivity index (χ4n) is 4.36. The number of hydrogen-bond acceptors (Lipinski definition) is 7. The molecule has 0 amide bonds. The Morgan fingerprint density at radius 3 is 1.50 bits per heavy atom. The summed E-state index contributed by atoms with van der Waals surface area (Å²) in [4.78, 5) is 17.3. The largest absolute Gasteiger partial charge is 0.504 e. The molecule has 0 heterocycles. The Morgan fingerprint density at radius 1 is 0.778 bits per heavy atom. The number of hydrogen-bond donors (Lipinski definition) is 2. The van der Waals surface area contributed by atoms with E-state index in [4.69, 9.17) is 9.47 Å². The predicted octanol–water partition coefficient (Wildman–Crippen LogP) is 4.88. The molecule has 1 aliphatic rings. The number of phenolic OH excluding ortho intramolecular Hbond substituents is 2. The van der Waals surface area contributed by atoms with Crippen molar-refractivity contribution in [1.82, 2.24) is 9.80 Å². The maximum atomic E-state index is 13.4. The smallest absolute Gasteiger partial charge is 0.185 e. The summed E-state index contributed by atoms with van der Waals surface area (Å²) in [5, 5.41) is 21.0. The van der Waals surface area contributed by atoms with Gasteiger partial charge in [0, 0.05) is 35.4 Å². The highest BCUT2D eigenvalue weighted by Crippen LogP contribution is 2.36. The number of ether oxygens (including phenoxy) is 2. The molecule has 0 bridgehead atoms. The number of methoxy groups -OCH3 is 2. The molecule has 1 saturated carbocycles. The van der Waals surface area contributed by atoms with Gasteiger partial charge in [0.25, 0.3) is 0 Å². The first-order valence-electron chi connectivity index (χ1n) is 11.7. The van der Waals surface area contributed by atoms with Crippen LogP contribution in [-0.2, 0) is 17.9 Å². The van der Waals surface area contributed by atoms with Crippen LogP contribution in [0.3, 0.4) is 0 Å². The van der Waals surface area contributed by atoms with Crippen molar-refractivity contribution in [2.45, 2.75) is 32.4 Å². The molecule has 3 rings (SSSR count). The van der Waals surface area contributed by atoms with E-state index in [-0.39, 0.29) is 29.7 Å². The van der Waals surface area contributed by atoms with Crippen LogP contribution in [0.4, 0.5) is 0 Å². The molecule has 36 heavy (non-hydrogen) atoms. The summed E-state index contributed by atoms with van der Waals surface area (Å²) >= 11 is 0. The minimum atomic E-state index is 0. The molecule has 2 N–H and O–H groups in total. The number of phenols is 2. The maximum Gasteiger partial charge on any atom is 0.185 e. The highest BCUT2D eigenvalue weighted by atomic mass is 35.5. The van der Waals surface area contributed by atoms with E-state index in [9.17, 15) is 15.0 Å². The van der Waals surface area contributed by atoms with E-state index < -0.39 is 0 Å². The lowest BCUT2D eigenvalue weighted by Gasteiger charge is -2.19. The van der Waals surface area contributed by atoms with Crippen molar-refractivity contribution >= 4 is 30.3 Å². The first-order valence-corrected chi connectivity index (χ1v) is 11.7. The summed E-state index contributed by atoms with van der Waals surface area (Å²) < 4.78 is 10.7. The molecule has 8 heteroatoms. The molecule has 0 radical (unpaired) electrons. The van der Waals surface area contributed by atoms with Gasteiger partial charge in [0.15, 0.2) is 28.8 Å². The normalized spacial score (nSPS) is 16.1. The molecule has 1 fully saturated rings. The van der Waals surface area contributed by atoms with Gasteiger partial charge in [0.2, 0.25) is 0 Å². The second-order valence-corrected chi connectivity index (χ2v) is 9.46. The Bertz CT molecular complexity index is 1070. The minimum absolute atomic E-state index is 0. The third kappa shape index (κ3) is 7.03. The van der Waals surface area contributed by atoms with Gasteiger partial charge >= 0.3 is 0 Å². The van der Waals surface area contributed by atoms with Crippen molar-refractivity contribution in [3.8, 4) is 23.0 Å². The monoisotopic (exact) mass is 516 g/mol. The predicted molar refractivity (Wildman–Crippen MR) is 146 cm³/mol. The van der Waals surface area contributed by atoms with Crippen LogP contribution in [0.25, 0.3) is 12.2 Å². The topological polar surface area (TPSA) is 82.5 Å². The average Bonchev–Trinajstić information content (AvgIpc) is 2.79. The third-order valence-electron chi connectivity index (χ3n) is 5.92. The Kier molecular flexibility index (Phi) is 10.4. The number of halogens is 1. The van der Waals surface area contributed by atoms with Gasteiger partial charge in [-0.1, -0.05) is 0 Å². The molecule has 0 spiro atoms. The summed E-state index contributed by atoms with van der Waals surface area (Å²) in [6.07, 6.45) is 6.03.